The van der Waals surface area contributed by atoms with Crippen LogP contribution in [0.15, 0.2) is 41.2 Å². The van der Waals surface area contributed by atoms with Gasteiger partial charge in [-0.15, -0.1) is 5.10 Å². The Bertz CT molecular complexity index is 547. The van der Waals surface area contributed by atoms with E-state index < -0.39 is 0 Å². The van der Waals surface area contributed by atoms with Crippen LogP contribution in [-0.4, -0.2) is 16.9 Å². The summed E-state index contributed by atoms with van der Waals surface area (Å²) in [6.07, 6.45) is 0. The van der Waals surface area contributed by atoms with Gasteiger partial charge in [-0.05, 0) is 19.1 Å². The Labute approximate surface area is 93.1 Å². The number of nitrogens with zero attached hydrogens (tertiary/aromatic N) is 2. The smallest absolute Gasteiger partial charge is 0.271 e. The maximum atomic E-state index is 11.8. The van der Waals surface area contributed by atoms with E-state index in [2.05, 4.69) is 5.10 Å². The van der Waals surface area contributed by atoms with E-state index in [4.69, 9.17) is 4.74 Å². The zero-order valence-corrected chi connectivity index (χ0v) is 9.18. The number of ether oxygens (including phenoxy) is 1. The number of para-hydroxylation sites is 1. The monoisotopic (exact) mass is 216 g/mol. The molecule has 0 aliphatic carbocycles. The van der Waals surface area contributed by atoms with Crippen LogP contribution in [0, 0.1) is 6.92 Å². The maximum absolute atomic E-state index is 11.8. The van der Waals surface area contributed by atoms with E-state index in [9.17, 15) is 4.79 Å². The Kier molecular flexibility index (Phi) is 2.72. The average Bonchev–Trinajstić information content (AvgIpc) is 2.30. The Balaban J connectivity index is 2.62. The number of hydrogen-bond donors (Lipinski definition) is 0. The fourth-order valence-corrected chi connectivity index (χ4v) is 1.48. The standard InChI is InChI=1S/C12H12N2O2/c1-9-8-11(15)14(13-12(9)16-2)10-6-4-3-5-7-10/h3-8H,1-2H3. The third kappa shape index (κ3) is 1.82. The third-order valence-corrected chi connectivity index (χ3v) is 2.27. The van der Waals surface area contributed by atoms with Gasteiger partial charge in [-0.2, -0.15) is 4.68 Å². The van der Waals surface area contributed by atoms with Crippen molar-refractivity contribution in [2.24, 2.45) is 0 Å². The average molecular weight is 216 g/mol. The summed E-state index contributed by atoms with van der Waals surface area (Å²) in [6.45, 7) is 1.79. The summed E-state index contributed by atoms with van der Waals surface area (Å²) < 4.78 is 6.42. The van der Waals surface area contributed by atoms with Gasteiger partial charge in [0.05, 0.1) is 12.8 Å². The van der Waals surface area contributed by atoms with Crippen LogP contribution < -0.4 is 10.3 Å². The first-order valence-corrected chi connectivity index (χ1v) is 4.93. The van der Waals surface area contributed by atoms with Crippen molar-refractivity contribution in [1.82, 2.24) is 9.78 Å². The first kappa shape index (κ1) is 10.4. The van der Waals surface area contributed by atoms with E-state index in [-0.39, 0.29) is 5.56 Å². The van der Waals surface area contributed by atoms with Gasteiger partial charge in [0.2, 0.25) is 5.88 Å². The van der Waals surface area contributed by atoms with E-state index in [0.29, 0.717) is 5.88 Å². The summed E-state index contributed by atoms with van der Waals surface area (Å²) in [5.41, 5.74) is 1.30. The second-order valence-corrected chi connectivity index (χ2v) is 3.42. The minimum Gasteiger partial charge on any atom is -0.480 e. The lowest BCUT2D eigenvalue weighted by Gasteiger charge is -2.07. The Hall–Kier alpha value is -2.10. The van der Waals surface area contributed by atoms with E-state index in [1.54, 1.807) is 6.92 Å². The SMILES string of the molecule is COc1nn(-c2ccccc2)c(=O)cc1C. The zero-order chi connectivity index (χ0) is 11.5. The molecule has 0 N–H and O–H groups in total. The Morgan fingerprint density at radius 2 is 1.94 bits per heavy atom. The summed E-state index contributed by atoms with van der Waals surface area (Å²) >= 11 is 0. The van der Waals surface area contributed by atoms with Crippen molar-refractivity contribution < 1.29 is 4.74 Å². The number of hydrogen-bond acceptors (Lipinski definition) is 3. The fourth-order valence-electron chi connectivity index (χ4n) is 1.48. The molecule has 4 nitrogen and oxygen atoms in total. The van der Waals surface area contributed by atoms with Gasteiger partial charge >= 0.3 is 0 Å². The maximum Gasteiger partial charge on any atom is 0.271 e. The summed E-state index contributed by atoms with van der Waals surface area (Å²) in [7, 11) is 1.54. The van der Waals surface area contributed by atoms with Crippen LogP contribution in [0.5, 0.6) is 5.88 Å². The number of methoxy groups -OCH3 is 1. The van der Waals surface area contributed by atoms with Crippen molar-refractivity contribution in [1.29, 1.82) is 0 Å². The van der Waals surface area contributed by atoms with Crippen molar-refractivity contribution >= 4 is 0 Å². The van der Waals surface area contributed by atoms with Crippen molar-refractivity contribution in [2.75, 3.05) is 7.11 Å². The van der Waals surface area contributed by atoms with Crippen LogP contribution in [-0.2, 0) is 0 Å². The molecular formula is C12H12N2O2. The molecule has 0 bridgehead atoms. The second-order valence-electron chi connectivity index (χ2n) is 3.42. The van der Waals surface area contributed by atoms with Gasteiger partial charge in [-0.3, -0.25) is 4.79 Å². The predicted molar refractivity (Wildman–Crippen MR) is 61.1 cm³/mol. The second kappa shape index (κ2) is 4.18. The van der Waals surface area contributed by atoms with Crippen molar-refractivity contribution in [2.45, 2.75) is 6.92 Å². The molecule has 4 heteroatoms. The van der Waals surface area contributed by atoms with Crippen LogP contribution in [0.2, 0.25) is 0 Å². The third-order valence-electron chi connectivity index (χ3n) is 2.27. The van der Waals surface area contributed by atoms with Crippen LogP contribution >= 0.6 is 0 Å². The van der Waals surface area contributed by atoms with Crippen LogP contribution in [0.1, 0.15) is 5.56 Å². The van der Waals surface area contributed by atoms with Crippen LogP contribution in [0.4, 0.5) is 0 Å². The molecule has 2 rings (SSSR count). The molecule has 0 fully saturated rings. The summed E-state index contributed by atoms with van der Waals surface area (Å²) in [4.78, 5) is 11.8. The highest BCUT2D eigenvalue weighted by Gasteiger charge is 2.06. The van der Waals surface area contributed by atoms with E-state index in [1.807, 2.05) is 30.3 Å². The molecular weight excluding hydrogens is 204 g/mol. The highest BCUT2D eigenvalue weighted by atomic mass is 16.5. The Morgan fingerprint density at radius 1 is 1.25 bits per heavy atom. The van der Waals surface area contributed by atoms with Crippen molar-refractivity contribution in [3.05, 3.63) is 52.3 Å². The van der Waals surface area contributed by atoms with Gasteiger partial charge in [0.25, 0.3) is 5.56 Å². The lowest BCUT2D eigenvalue weighted by atomic mass is 10.3. The van der Waals surface area contributed by atoms with Gasteiger partial charge in [-0.1, -0.05) is 18.2 Å². The molecule has 16 heavy (non-hydrogen) atoms. The van der Waals surface area contributed by atoms with Crippen molar-refractivity contribution in [3.8, 4) is 11.6 Å². The highest BCUT2D eigenvalue weighted by Crippen LogP contribution is 2.11. The van der Waals surface area contributed by atoms with Crippen LogP contribution in [0.3, 0.4) is 0 Å². The number of aromatic nitrogens is 2. The molecule has 0 spiro atoms. The quantitative estimate of drug-likeness (QED) is 0.765. The summed E-state index contributed by atoms with van der Waals surface area (Å²) in [5, 5.41) is 4.14. The van der Waals surface area contributed by atoms with Gasteiger partial charge < -0.3 is 4.74 Å². The first-order chi connectivity index (χ1) is 7.72. The molecule has 0 saturated carbocycles. The normalized spacial score (nSPS) is 10.1. The van der Waals surface area contributed by atoms with Gasteiger partial charge in [-0.25, -0.2) is 0 Å². The molecule has 0 saturated heterocycles. The summed E-state index contributed by atoms with van der Waals surface area (Å²) in [6, 6.07) is 10.8. The summed E-state index contributed by atoms with van der Waals surface area (Å²) in [5.74, 6) is 0.462. The topological polar surface area (TPSA) is 44.1 Å². The van der Waals surface area contributed by atoms with Crippen LogP contribution in [0.25, 0.3) is 5.69 Å². The molecule has 0 amide bonds. The molecule has 0 unspecified atom stereocenters. The predicted octanol–water partition coefficient (Wildman–Crippen LogP) is 1.55. The van der Waals surface area contributed by atoms with Gasteiger partial charge in [0.15, 0.2) is 0 Å². The molecule has 1 aromatic carbocycles. The Morgan fingerprint density at radius 3 is 2.56 bits per heavy atom. The van der Waals surface area contributed by atoms with E-state index >= 15 is 0 Å². The van der Waals surface area contributed by atoms with Crippen molar-refractivity contribution in [3.63, 3.8) is 0 Å². The highest BCUT2D eigenvalue weighted by molar-refractivity contribution is 5.32. The molecule has 1 heterocycles. The molecule has 82 valence electrons. The minimum absolute atomic E-state index is 0.162. The van der Waals surface area contributed by atoms with Gasteiger partial charge in [0.1, 0.15) is 0 Å². The number of rotatable bonds is 2. The number of aryl methyl sites for hydroxylation is 1. The fraction of sp³-hybridized carbons (Fsp3) is 0.167. The zero-order valence-electron chi connectivity index (χ0n) is 9.18. The molecule has 0 atom stereocenters. The van der Waals surface area contributed by atoms with Gasteiger partial charge in [0, 0.05) is 11.6 Å². The lowest BCUT2D eigenvalue weighted by molar-refractivity contribution is 0.382. The minimum atomic E-state index is -0.162. The molecule has 0 aliphatic rings. The number of benzene rings is 1. The first-order valence-electron chi connectivity index (χ1n) is 4.93. The largest absolute Gasteiger partial charge is 0.480 e. The molecule has 2 aromatic rings. The lowest BCUT2D eigenvalue weighted by Crippen LogP contribution is -2.21. The van der Waals surface area contributed by atoms with E-state index in [1.165, 1.54) is 17.9 Å². The molecule has 0 aliphatic heterocycles. The van der Waals surface area contributed by atoms with E-state index in [0.717, 1.165) is 11.3 Å². The molecule has 1 aromatic heterocycles. The molecule has 0 radical (unpaired) electrons.